The van der Waals surface area contributed by atoms with E-state index in [0.717, 1.165) is 42.9 Å². The summed E-state index contributed by atoms with van der Waals surface area (Å²) in [6.45, 7) is 17.1. The van der Waals surface area contributed by atoms with Gasteiger partial charge < -0.3 is 14.8 Å². The van der Waals surface area contributed by atoms with E-state index in [4.69, 9.17) is 9.47 Å². The standard InChI is InChI=1S/C24H40N2O3/c1-7-29-24(6,15-18(2)3)23(27)25-21-8-10-22(11-9-21)28-13-12-26-16-19(4)14-20(5)17-26/h8-11,18-20H,7,12-17H2,1-6H3,(H,25,27)/t19-,20+,24-/m1/s1. The first-order chi connectivity index (χ1) is 13.7. The van der Waals surface area contributed by atoms with E-state index < -0.39 is 5.60 Å². The molecule has 164 valence electrons. The van der Waals surface area contributed by atoms with Crippen LogP contribution in [0.4, 0.5) is 5.69 Å². The number of hydrogen-bond acceptors (Lipinski definition) is 4. The molecule has 0 unspecified atom stereocenters. The molecule has 1 heterocycles. The summed E-state index contributed by atoms with van der Waals surface area (Å²) in [6, 6.07) is 7.61. The largest absolute Gasteiger partial charge is 0.492 e. The summed E-state index contributed by atoms with van der Waals surface area (Å²) < 4.78 is 11.7. The van der Waals surface area contributed by atoms with Crippen molar-refractivity contribution in [1.29, 1.82) is 0 Å². The van der Waals surface area contributed by atoms with E-state index in [-0.39, 0.29) is 5.91 Å². The van der Waals surface area contributed by atoms with Crippen LogP contribution < -0.4 is 10.1 Å². The Labute approximate surface area is 177 Å². The van der Waals surface area contributed by atoms with Gasteiger partial charge in [0.15, 0.2) is 0 Å². The van der Waals surface area contributed by atoms with Gasteiger partial charge in [-0.2, -0.15) is 0 Å². The highest BCUT2D eigenvalue weighted by Gasteiger charge is 2.34. The molecule has 0 bridgehead atoms. The first-order valence-electron chi connectivity index (χ1n) is 11.1. The molecule has 5 nitrogen and oxygen atoms in total. The van der Waals surface area contributed by atoms with Crippen molar-refractivity contribution in [3.8, 4) is 5.75 Å². The van der Waals surface area contributed by atoms with E-state index in [1.807, 2.05) is 38.1 Å². The van der Waals surface area contributed by atoms with Crippen LogP contribution in [0.3, 0.4) is 0 Å². The maximum absolute atomic E-state index is 12.8. The number of carbonyl (C=O) groups excluding carboxylic acids is 1. The first-order valence-corrected chi connectivity index (χ1v) is 11.1. The molecule has 0 radical (unpaired) electrons. The van der Waals surface area contributed by atoms with Crippen molar-refractivity contribution >= 4 is 11.6 Å². The Morgan fingerprint density at radius 3 is 2.38 bits per heavy atom. The highest BCUT2D eigenvalue weighted by molar-refractivity contribution is 5.97. The smallest absolute Gasteiger partial charge is 0.256 e. The predicted molar refractivity (Wildman–Crippen MR) is 119 cm³/mol. The number of nitrogens with zero attached hydrogens (tertiary/aromatic N) is 1. The van der Waals surface area contributed by atoms with Crippen LogP contribution >= 0.6 is 0 Å². The Balaban J connectivity index is 1.83. The van der Waals surface area contributed by atoms with Crippen LogP contribution in [-0.4, -0.2) is 49.3 Å². The van der Waals surface area contributed by atoms with Gasteiger partial charge in [0, 0.05) is 31.9 Å². The predicted octanol–water partition coefficient (Wildman–Crippen LogP) is 4.82. The molecule has 1 fully saturated rings. The molecule has 0 aromatic heterocycles. The summed E-state index contributed by atoms with van der Waals surface area (Å²) in [4.78, 5) is 15.3. The van der Waals surface area contributed by atoms with Gasteiger partial charge in [0.25, 0.3) is 5.91 Å². The molecule has 1 amide bonds. The van der Waals surface area contributed by atoms with Gasteiger partial charge in [-0.05, 0) is 68.7 Å². The molecule has 29 heavy (non-hydrogen) atoms. The average molecular weight is 405 g/mol. The zero-order valence-corrected chi connectivity index (χ0v) is 19.2. The van der Waals surface area contributed by atoms with Gasteiger partial charge in [0.1, 0.15) is 18.0 Å². The van der Waals surface area contributed by atoms with E-state index in [1.165, 1.54) is 6.42 Å². The second kappa shape index (κ2) is 11.0. The van der Waals surface area contributed by atoms with Crippen LogP contribution in [0.1, 0.15) is 54.4 Å². The number of likely N-dealkylation sites (tertiary alicyclic amines) is 1. The fourth-order valence-corrected chi connectivity index (χ4v) is 4.48. The fourth-order valence-electron chi connectivity index (χ4n) is 4.48. The number of anilines is 1. The Morgan fingerprint density at radius 2 is 1.83 bits per heavy atom. The lowest BCUT2D eigenvalue weighted by atomic mass is 9.92. The summed E-state index contributed by atoms with van der Waals surface area (Å²) in [5.41, 5.74) is -0.0587. The Kier molecular flexibility index (Phi) is 8.97. The summed E-state index contributed by atoms with van der Waals surface area (Å²) in [6.07, 6.45) is 2.01. The van der Waals surface area contributed by atoms with Gasteiger partial charge in [-0.3, -0.25) is 9.69 Å². The molecule has 0 spiro atoms. The average Bonchev–Trinajstić information content (AvgIpc) is 2.62. The van der Waals surface area contributed by atoms with Crippen molar-refractivity contribution in [2.24, 2.45) is 17.8 Å². The van der Waals surface area contributed by atoms with Gasteiger partial charge in [-0.25, -0.2) is 0 Å². The SMILES string of the molecule is CCO[C@](C)(CC(C)C)C(=O)Nc1ccc(OCCN2C[C@H](C)C[C@H](C)C2)cc1. The zero-order chi connectivity index (χ0) is 21.4. The second-order valence-corrected chi connectivity index (χ2v) is 9.29. The van der Waals surface area contributed by atoms with Crippen LogP contribution in [0.2, 0.25) is 0 Å². The Morgan fingerprint density at radius 1 is 1.21 bits per heavy atom. The number of carbonyl (C=O) groups is 1. The van der Waals surface area contributed by atoms with Gasteiger partial charge in [0.2, 0.25) is 0 Å². The highest BCUT2D eigenvalue weighted by Crippen LogP contribution is 2.24. The van der Waals surface area contributed by atoms with Crippen molar-refractivity contribution in [2.45, 2.75) is 60.0 Å². The number of ether oxygens (including phenoxy) is 2. The third-order valence-electron chi connectivity index (χ3n) is 5.47. The van der Waals surface area contributed by atoms with Crippen LogP contribution in [-0.2, 0) is 9.53 Å². The van der Waals surface area contributed by atoms with Crippen LogP contribution in [0, 0.1) is 17.8 Å². The van der Waals surface area contributed by atoms with E-state index in [9.17, 15) is 4.79 Å². The van der Waals surface area contributed by atoms with Crippen LogP contribution in [0.5, 0.6) is 5.75 Å². The molecule has 1 saturated heterocycles. The molecule has 0 aliphatic carbocycles. The van der Waals surface area contributed by atoms with Crippen molar-refractivity contribution in [3.63, 3.8) is 0 Å². The summed E-state index contributed by atoms with van der Waals surface area (Å²) in [5, 5.41) is 2.99. The molecule has 1 aromatic rings. The molecule has 3 atom stereocenters. The summed E-state index contributed by atoms with van der Waals surface area (Å²) >= 11 is 0. The lowest BCUT2D eigenvalue weighted by Crippen LogP contribution is -2.43. The van der Waals surface area contributed by atoms with E-state index in [1.54, 1.807) is 0 Å². The molecule has 1 aliphatic rings. The molecule has 2 rings (SSSR count). The zero-order valence-electron chi connectivity index (χ0n) is 19.2. The lowest BCUT2D eigenvalue weighted by molar-refractivity contribution is -0.140. The van der Waals surface area contributed by atoms with Crippen molar-refractivity contribution in [2.75, 3.05) is 38.2 Å². The third-order valence-corrected chi connectivity index (χ3v) is 5.47. The van der Waals surface area contributed by atoms with E-state index in [2.05, 4.69) is 37.9 Å². The molecular formula is C24H40N2O3. The summed E-state index contributed by atoms with van der Waals surface area (Å²) in [7, 11) is 0. The number of benzene rings is 1. The van der Waals surface area contributed by atoms with Crippen molar-refractivity contribution < 1.29 is 14.3 Å². The number of rotatable bonds is 10. The topological polar surface area (TPSA) is 50.8 Å². The molecule has 1 aromatic carbocycles. The van der Waals surface area contributed by atoms with Gasteiger partial charge >= 0.3 is 0 Å². The van der Waals surface area contributed by atoms with E-state index in [0.29, 0.717) is 25.6 Å². The molecule has 0 saturated carbocycles. The Bertz CT molecular complexity index is 622. The van der Waals surface area contributed by atoms with E-state index >= 15 is 0 Å². The third kappa shape index (κ3) is 7.63. The number of piperidine rings is 1. The quantitative estimate of drug-likeness (QED) is 0.607. The molecule has 5 heteroatoms. The first kappa shape index (κ1) is 23.7. The van der Waals surface area contributed by atoms with Crippen molar-refractivity contribution in [3.05, 3.63) is 24.3 Å². The minimum Gasteiger partial charge on any atom is -0.492 e. The van der Waals surface area contributed by atoms with Crippen molar-refractivity contribution in [1.82, 2.24) is 4.90 Å². The molecule has 1 N–H and O–H groups in total. The highest BCUT2D eigenvalue weighted by atomic mass is 16.5. The van der Waals surface area contributed by atoms with Crippen LogP contribution in [0.25, 0.3) is 0 Å². The fraction of sp³-hybridized carbons (Fsp3) is 0.708. The maximum Gasteiger partial charge on any atom is 0.256 e. The summed E-state index contributed by atoms with van der Waals surface area (Å²) in [5.74, 6) is 2.63. The second-order valence-electron chi connectivity index (χ2n) is 9.29. The minimum absolute atomic E-state index is 0.102. The lowest BCUT2D eigenvalue weighted by Gasteiger charge is -2.34. The van der Waals surface area contributed by atoms with Gasteiger partial charge in [-0.1, -0.05) is 27.7 Å². The number of nitrogens with one attached hydrogen (secondary N) is 1. The van der Waals surface area contributed by atoms with Crippen LogP contribution in [0.15, 0.2) is 24.3 Å². The van der Waals surface area contributed by atoms with Gasteiger partial charge in [0.05, 0.1) is 0 Å². The minimum atomic E-state index is -0.819. The molecular weight excluding hydrogens is 364 g/mol. The monoisotopic (exact) mass is 404 g/mol. The number of amides is 1. The normalized spacial score (nSPS) is 22.3. The Hall–Kier alpha value is -1.59. The number of hydrogen-bond donors (Lipinski definition) is 1. The van der Waals surface area contributed by atoms with Gasteiger partial charge in [-0.15, -0.1) is 0 Å². The maximum atomic E-state index is 12.8. The molecule has 1 aliphatic heterocycles.